The van der Waals surface area contributed by atoms with Crippen LogP contribution in [-0.2, 0) is 0 Å². The van der Waals surface area contributed by atoms with Gasteiger partial charge in [-0.25, -0.2) is 4.39 Å². The summed E-state index contributed by atoms with van der Waals surface area (Å²) < 4.78 is 18.2. The van der Waals surface area contributed by atoms with Crippen molar-refractivity contribution in [1.29, 1.82) is 0 Å². The molecule has 1 N–H and O–H groups in total. The van der Waals surface area contributed by atoms with Gasteiger partial charge >= 0.3 is 0 Å². The first-order valence-corrected chi connectivity index (χ1v) is 6.72. The van der Waals surface area contributed by atoms with E-state index in [1.807, 2.05) is 18.2 Å². The number of aliphatic hydroxyl groups is 1. The second-order valence-electron chi connectivity index (χ2n) is 4.10. The van der Waals surface area contributed by atoms with Gasteiger partial charge in [0.05, 0.1) is 13.2 Å². The van der Waals surface area contributed by atoms with Crippen LogP contribution in [0, 0.1) is 5.82 Å². The third-order valence-electron chi connectivity index (χ3n) is 2.71. The standard InChI is InChI=1S/C15H15FO2S/c1-10(17)15-13(18-2)4-3-5-14(15)19-12-8-6-11(16)7-9-12/h3-10,17H,1-2H3. The quantitative estimate of drug-likeness (QED) is 0.915. The van der Waals surface area contributed by atoms with Crippen LogP contribution < -0.4 is 4.74 Å². The van der Waals surface area contributed by atoms with Gasteiger partial charge in [-0.3, -0.25) is 0 Å². The zero-order chi connectivity index (χ0) is 13.8. The average Bonchev–Trinajstić information content (AvgIpc) is 2.40. The third-order valence-corrected chi connectivity index (χ3v) is 3.79. The molecule has 0 spiro atoms. The van der Waals surface area contributed by atoms with Crippen LogP contribution in [0.2, 0.25) is 0 Å². The second-order valence-corrected chi connectivity index (χ2v) is 5.22. The minimum absolute atomic E-state index is 0.259. The molecule has 0 heterocycles. The smallest absolute Gasteiger partial charge is 0.125 e. The fraction of sp³-hybridized carbons (Fsp3) is 0.200. The molecular formula is C15H15FO2S. The van der Waals surface area contributed by atoms with Gasteiger partial charge in [0.2, 0.25) is 0 Å². The molecule has 2 rings (SSSR count). The summed E-state index contributed by atoms with van der Waals surface area (Å²) in [5, 5.41) is 9.89. The molecule has 0 amide bonds. The van der Waals surface area contributed by atoms with Crippen LogP contribution in [0.5, 0.6) is 5.75 Å². The van der Waals surface area contributed by atoms with Crippen molar-refractivity contribution in [1.82, 2.24) is 0 Å². The van der Waals surface area contributed by atoms with Crippen LogP contribution in [-0.4, -0.2) is 12.2 Å². The van der Waals surface area contributed by atoms with E-state index < -0.39 is 6.10 Å². The highest BCUT2D eigenvalue weighted by Crippen LogP contribution is 2.38. The van der Waals surface area contributed by atoms with Crippen LogP contribution in [0.15, 0.2) is 52.3 Å². The SMILES string of the molecule is COc1cccc(Sc2ccc(F)cc2)c1C(C)O. The number of aliphatic hydroxyl groups excluding tert-OH is 1. The zero-order valence-corrected chi connectivity index (χ0v) is 11.6. The van der Waals surface area contributed by atoms with Crippen molar-refractivity contribution in [2.75, 3.05) is 7.11 Å². The third kappa shape index (κ3) is 3.28. The van der Waals surface area contributed by atoms with Gasteiger partial charge in [-0.05, 0) is 43.3 Å². The number of hydrogen-bond acceptors (Lipinski definition) is 3. The lowest BCUT2D eigenvalue weighted by atomic mass is 10.1. The molecule has 0 aromatic heterocycles. The van der Waals surface area contributed by atoms with Gasteiger partial charge in [-0.15, -0.1) is 0 Å². The molecule has 0 aliphatic rings. The first-order valence-electron chi connectivity index (χ1n) is 5.90. The van der Waals surface area contributed by atoms with Crippen LogP contribution in [0.3, 0.4) is 0 Å². The monoisotopic (exact) mass is 278 g/mol. The zero-order valence-electron chi connectivity index (χ0n) is 10.8. The lowest BCUT2D eigenvalue weighted by molar-refractivity contribution is 0.191. The van der Waals surface area contributed by atoms with E-state index in [2.05, 4.69) is 0 Å². The summed E-state index contributed by atoms with van der Waals surface area (Å²) in [6.45, 7) is 1.70. The van der Waals surface area contributed by atoms with Gasteiger partial charge in [0.1, 0.15) is 11.6 Å². The van der Waals surface area contributed by atoms with Crippen molar-refractivity contribution < 1.29 is 14.2 Å². The molecule has 0 bridgehead atoms. The Morgan fingerprint density at radius 2 is 1.84 bits per heavy atom. The molecule has 0 radical (unpaired) electrons. The Kier molecular flexibility index (Phi) is 4.45. The maximum absolute atomic E-state index is 12.9. The molecule has 19 heavy (non-hydrogen) atoms. The number of benzene rings is 2. The minimum atomic E-state index is -0.626. The second kappa shape index (κ2) is 6.08. The van der Waals surface area contributed by atoms with Gasteiger partial charge in [-0.1, -0.05) is 17.8 Å². The van der Waals surface area contributed by atoms with Gasteiger partial charge < -0.3 is 9.84 Å². The number of ether oxygens (including phenoxy) is 1. The van der Waals surface area contributed by atoms with Crippen molar-refractivity contribution in [3.8, 4) is 5.75 Å². The first-order chi connectivity index (χ1) is 9.11. The number of rotatable bonds is 4. The van der Waals surface area contributed by atoms with E-state index in [1.165, 1.54) is 23.9 Å². The van der Waals surface area contributed by atoms with Gasteiger partial charge in [-0.2, -0.15) is 0 Å². The van der Waals surface area contributed by atoms with E-state index in [0.29, 0.717) is 5.75 Å². The first kappa shape index (κ1) is 13.9. The Balaban J connectivity index is 2.36. The van der Waals surface area contributed by atoms with E-state index in [1.54, 1.807) is 26.2 Å². The topological polar surface area (TPSA) is 29.5 Å². The number of hydrogen-bond donors (Lipinski definition) is 1. The van der Waals surface area contributed by atoms with Gasteiger partial charge in [0, 0.05) is 15.4 Å². The summed E-state index contributed by atoms with van der Waals surface area (Å²) in [5.41, 5.74) is 0.749. The Bertz CT molecular complexity index is 553. The summed E-state index contributed by atoms with van der Waals surface area (Å²) in [5.74, 6) is 0.396. The van der Waals surface area contributed by atoms with E-state index in [9.17, 15) is 9.50 Å². The molecule has 2 aromatic carbocycles. The maximum atomic E-state index is 12.9. The van der Waals surface area contributed by atoms with Crippen molar-refractivity contribution in [3.63, 3.8) is 0 Å². The Morgan fingerprint density at radius 3 is 2.42 bits per heavy atom. The highest BCUT2D eigenvalue weighted by atomic mass is 32.2. The van der Waals surface area contributed by atoms with Crippen molar-refractivity contribution in [2.24, 2.45) is 0 Å². The molecule has 0 saturated heterocycles. The van der Waals surface area contributed by atoms with Crippen LogP contribution in [0.1, 0.15) is 18.6 Å². The highest BCUT2D eigenvalue weighted by molar-refractivity contribution is 7.99. The Labute approximate surface area is 116 Å². The molecule has 0 aliphatic heterocycles. The summed E-state index contributed by atoms with van der Waals surface area (Å²) in [4.78, 5) is 1.82. The fourth-order valence-electron chi connectivity index (χ4n) is 1.83. The van der Waals surface area contributed by atoms with Crippen LogP contribution in [0.4, 0.5) is 4.39 Å². The van der Waals surface area contributed by atoms with Crippen LogP contribution in [0.25, 0.3) is 0 Å². The molecular weight excluding hydrogens is 263 g/mol. The Morgan fingerprint density at radius 1 is 1.16 bits per heavy atom. The molecule has 1 atom stereocenters. The predicted octanol–water partition coefficient (Wildman–Crippen LogP) is 4.04. The van der Waals surface area contributed by atoms with E-state index >= 15 is 0 Å². The fourth-order valence-corrected chi connectivity index (χ4v) is 2.89. The van der Waals surface area contributed by atoms with Crippen LogP contribution >= 0.6 is 11.8 Å². The summed E-state index contributed by atoms with van der Waals surface area (Å²) in [6, 6.07) is 11.9. The van der Waals surface area contributed by atoms with Crippen molar-refractivity contribution >= 4 is 11.8 Å². The average molecular weight is 278 g/mol. The molecule has 2 aromatic rings. The molecule has 0 fully saturated rings. The number of methoxy groups -OCH3 is 1. The largest absolute Gasteiger partial charge is 0.496 e. The van der Waals surface area contributed by atoms with Crippen molar-refractivity contribution in [2.45, 2.75) is 22.8 Å². The summed E-state index contributed by atoms with van der Waals surface area (Å²) in [6.07, 6.45) is -0.626. The van der Waals surface area contributed by atoms with E-state index in [4.69, 9.17) is 4.74 Å². The summed E-state index contributed by atoms with van der Waals surface area (Å²) >= 11 is 1.47. The van der Waals surface area contributed by atoms with E-state index in [-0.39, 0.29) is 5.82 Å². The molecule has 1 unspecified atom stereocenters. The molecule has 4 heteroatoms. The lowest BCUT2D eigenvalue weighted by Crippen LogP contribution is -1.98. The predicted molar refractivity (Wildman–Crippen MR) is 74.2 cm³/mol. The highest BCUT2D eigenvalue weighted by Gasteiger charge is 2.14. The van der Waals surface area contributed by atoms with Gasteiger partial charge in [0.15, 0.2) is 0 Å². The minimum Gasteiger partial charge on any atom is -0.496 e. The van der Waals surface area contributed by atoms with Crippen molar-refractivity contribution in [3.05, 3.63) is 53.8 Å². The Hall–Kier alpha value is -1.52. The molecule has 0 aliphatic carbocycles. The maximum Gasteiger partial charge on any atom is 0.125 e. The molecule has 2 nitrogen and oxygen atoms in total. The molecule has 100 valence electrons. The number of halogens is 1. The lowest BCUT2D eigenvalue weighted by Gasteiger charge is -2.15. The molecule has 0 saturated carbocycles. The van der Waals surface area contributed by atoms with E-state index in [0.717, 1.165) is 15.4 Å². The summed E-state index contributed by atoms with van der Waals surface area (Å²) in [7, 11) is 1.58. The normalized spacial score (nSPS) is 12.2. The van der Waals surface area contributed by atoms with Gasteiger partial charge in [0.25, 0.3) is 0 Å².